The van der Waals surface area contributed by atoms with Gasteiger partial charge in [-0.2, -0.15) is 0 Å². The lowest BCUT2D eigenvalue weighted by atomic mass is 10.1. The first-order chi connectivity index (χ1) is 13.9. The van der Waals surface area contributed by atoms with Crippen molar-refractivity contribution in [2.24, 2.45) is 0 Å². The number of nitrogens with one attached hydrogen (secondary N) is 1. The van der Waals surface area contributed by atoms with E-state index >= 15 is 0 Å². The second-order valence-corrected chi connectivity index (χ2v) is 5.98. The minimum Gasteiger partial charge on any atom is -0.493 e. The fourth-order valence-corrected chi connectivity index (χ4v) is 2.54. The lowest BCUT2D eigenvalue weighted by Crippen LogP contribution is -2.20. The van der Waals surface area contributed by atoms with Crippen LogP contribution in [0.3, 0.4) is 0 Å². The first-order valence-electron chi connectivity index (χ1n) is 8.27. The SMILES string of the molecule is COc1cc(/C=C/C(=O)OCC(=O)Nc2ccc(F)cc2Cl)cc(OC)c1OC. The molecule has 154 valence electrons. The minimum atomic E-state index is -0.737. The Morgan fingerprint density at radius 3 is 2.28 bits per heavy atom. The van der Waals surface area contributed by atoms with Crippen LogP contribution in [0.2, 0.25) is 5.02 Å². The Labute approximate surface area is 172 Å². The number of benzene rings is 2. The van der Waals surface area contributed by atoms with Crippen LogP contribution in [0.15, 0.2) is 36.4 Å². The largest absolute Gasteiger partial charge is 0.493 e. The van der Waals surface area contributed by atoms with Gasteiger partial charge in [0.1, 0.15) is 5.82 Å². The van der Waals surface area contributed by atoms with E-state index in [4.69, 9.17) is 30.5 Å². The van der Waals surface area contributed by atoms with Crippen molar-refractivity contribution in [1.82, 2.24) is 0 Å². The molecular formula is C20H19ClFNO6. The lowest BCUT2D eigenvalue weighted by molar-refractivity contribution is -0.142. The molecule has 0 aliphatic carbocycles. The smallest absolute Gasteiger partial charge is 0.331 e. The molecule has 2 aromatic rings. The number of hydrogen-bond donors (Lipinski definition) is 1. The monoisotopic (exact) mass is 423 g/mol. The summed E-state index contributed by atoms with van der Waals surface area (Å²) in [5.41, 5.74) is 0.807. The molecular weight excluding hydrogens is 405 g/mol. The number of rotatable bonds is 8. The molecule has 1 N–H and O–H groups in total. The molecule has 0 saturated carbocycles. The van der Waals surface area contributed by atoms with E-state index in [0.29, 0.717) is 22.8 Å². The van der Waals surface area contributed by atoms with Crippen molar-refractivity contribution in [3.8, 4) is 17.2 Å². The molecule has 0 spiro atoms. The molecule has 0 fully saturated rings. The van der Waals surface area contributed by atoms with E-state index in [-0.39, 0.29) is 10.7 Å². The molecule has 0 aliphatic heterocycles. The number of halogens is 2. The van der Waals surface area contributed by atoms with Crippen LogP contribution in [0.4, 0.5) is 10.1 Å². The highest BCUT2D eigenvalue weighted by molar-refractivity contribution is 6.33. The summed E-state index contributed by atoms with van der Waals surface area (Å²) in [6, 6.07) is 6.81. The quantitative estimate of drug-likeness (QED) is 0.515. The van der Waals surface area contributed by atoms with Gasteiger partial charge in [0.15, 0.2) is 18.1 Å². The van der Waals surface area contributed by atoms with Gasteiger partial charge >= 0.3 is 5.97 Å². The zero-order valence-corrected chi connectivity index (χ0v) is 16.7. The van der Waals surface area contributed by atoms with Crippen molar-refractivity contribution < 1.29 is 32.9 Å². The Hall–Kier alpha value is -3.26. The van der Waals surface area contributed by atoms with Crippen molar-refractivity contribution in [2.75, 3.05) is 33.3 Å². The Morgan fingerprint density at radius 2 is 1.72 bits per heavy atom. The maximum atomic E-state index is 13.0. The Kier molecular flexibility index (Phi) is 7.85. The Morgan fingerprint density at radius 1 is 1.07 bits per heavy atom. The molecule has 1 amide bonds. The van der Waals surface area contributed by atoms with Gasteiger partial charge in [-0.3, -0.25) is 4.79 Å². The summed E-state index contributed by atoms with van der Waals surface area (Å²) >= 11 is 5.82. The number of amides is 1. The zero-order chi connectivity index (χ0) is 21.4. The average Bonchev–Trinajstić information content (AvgIpc) is 2.71. The van der Waals surface area contributed by atoms with Gasteiger partial charge in [0.2, 0.25) is 5.75 Å². The van der Waals surface area contributed by atoms with Crippen LogP contribution in [-0.4, -0.2) is 39.8 Å². The molecule has 7 nitrogen and oxygen atoms in total. The highest BCUT2D eigenvalue weighted by atomic mass is 35.5. The minimum absolute atomic E-state index is 0.0342. The normalized spacial score (nSPS) is 10.5. The first kappa shape index (κ1) is 22.0. The number of hydrogen-bond acceptors (Lipinski definition) is 6. The summed E-state index contributed by atoms with van der Waals surface area (Å²) in [4.78, 5) is 23.7. The van der Waals surface area contributed by atoms with Gasteiger partial charge < -0.3 is 24.3 Å². The maximum Gasteiger partial charge on any atom is 0.331 e. The summed E-state index contributed by atoms with van der Waals surface area (Å²) in [6.45, 7) is -0.536. The number of methoxy groups -OCH3 is 3. The number of ether oxygens (including phenoxy) is 4. The molecule has 2 rings (SSSR count). The summed E-state index contributed by atoms with van der Waals surface area (Å²) < 4.78 is 33.6. The molecule has 9 heteroatoms. The predicted octanol–water partition coefficient (Wildman–Crippen LogP) is 3.70. The molecule has 0 bridgehead atoms. The van der Waals surface area contributed by atoms with E-state index in [9.17, 15) is 14.0 Å². The van der Waals surface area contributed by atoms with Crippen LogP contribution in [0.25, 0.3) is 6.08 Å². The highest BCUT2D eigenvalue weighted by Gasteiger charge is 2.13. The fraction of sp³-hybridized carbons (Fsp3) is 0.200. The first-order valence-corrected chi connectivity index (χ1v) is 8.65. The van der Waals surface area contributed by atoms with Gasteiger partial charge in [0.05, 0.1) is 32.0 Å². The molecule has 0 aliphatic rings. The molecule has 0 aromatic heterocycles. The summed E-state index contributed by atoms with van der Waals surface area (Å²) in [7, 11) is 4.44. The van der Waals surface area contributed by atoms with Crippen molar-refractivity contribution >= 4 is 35.2 Å². The number of esters is 1. The predicted molar refractivity (Wildman–Crippen MR) is 106 cm³/mol. The second-order valence-electron chi connectivity index (χ2n) is 5.57. The van der Waals surface area contributed by atoms with Crippen LogP contribution in [0, 0.1) is 5.82 Å². The standard InChI is InChI=1S/C20H19ClFNO6/c1-26-16-8-12(9-17(27-2)20(16)28-3)4-7-19(25)29-11-18(24)23-15-6-5-13(22)10-14(15)21/h4-10H,11H2,1-3H3,(H,23,24)/b7-4+. The average molecular weight is 424 g/mol. The Bertz CT molecular complexity index is 906. The molecule has 0 atom stereocenters. The van der Waals surface area contributed by atoms with Gasteiger partial charge in [-0.25, -0.2) is 9.18 Å². The third kappa shape index (κ3) is 6.11. The van der Waals surface area contributed by atoms with E-state index in [1.54, 1.807) is 12.1 Å². The van der Waals surface area contributed by atoms with E-state index in [2.05, 4.69) is 5.32 Å². The highest BCUT2D eigenvalue weighted by Crippen LogP contribution is 2.38. The molecule has 2 aromatic carbocycles. The molecule has 0 saturated heterocycles. The van der Waals surface area contributed by atoms with Crippen molar-refractivity contribution in [3.63, 3.8) is 0 Å². The van der Waals surface area contributed by atoms with Gasteiger partial charge in [-0.05, 0) is 42.0 Å². The number of carbonyl (C=O) groups excluding carboxylic acids is 2. The van der Waals surface area contributed by atoms with Crippen LogP contribution in [-0.2, 0) is 14.3 Å². The second kappa shape index (κ2) is 10.3. The van der Waals surface area contributed by atoms with Crippen LogP contribution >= 0.6 is 11.6 Å². The number of carbonyl (C=O) groups is 2. The topological polar surface area (TPSA) is 83.1 Å². The van der Waals surface area contributed by atoms with Crippen LogP contribution < -0.4 is 19.5 Å². The summed E-state index contributed by atoms with van der Waals surface area (Å²) in [6.07, 6.45) is 2.63. The van der Waals surface area contributed by atoms with Gasteiger partial charge in [0, 0.05) is 6.08 Å². The third-order valence-electron chi connectivity index (χ3n) is 3.65. The summed E-state index contributed by atoms with van der Waals surface area (Å²) in [5.74, 6) is -0.611. The van der Waals surface area contributed by atoms with E-state index < -0.39 is 24.3 Å². The van der Waals surface area contributed by atoms with Crippen molar-refractivity contribution in [3.05, 3.63) is 52.8 Å². The lowest BCUT2D eigenvalue weighted by Gasteiger charge is -2.12. The molecule has 0 radical (unpaired) electrons. The van der Waals surface area contributed by atoms with Crippen molar-refractivity contribution in [2.45, 2.75) is 0 Å². The van der Waals surface area contributed by atoms with Crippen molar-refractivity contribution in [1.29, 1.82) is 0 Å². The summed E-state index contributed by atoms with van der Waals surface area (Å²) in [5, 5.41) is 2.46. The third-order valence-corrected chi connectivity index (χ3v) is 3.96. The van der Waals surface area contributed by atoms with Gasteiger partial charge in [-0.1, -0.05) is 11.6 Å². The van der Waals surface area contributed by atoms with E-state index in [1.165, 1.54) is 33.5 Å². The van der Waals surface area contributed by atoms with Crippen LogP contribution in [0.1, 0.15) is 5.56 Å². The fourth-order valence-electron chi connectivity index (χ4n) is 2.32. The number of anilines is 1. The van der Waals surface area contributed by atoms with E-state index in [0.717, 1.165) is 18.2 Å². The maximum absolute atomic E-state index is 13.0. The molecule has 29 heavy (non-hydrogen) atoms. The van der Waals surface area contributed by atoms with Crippen LogP contribution in [0.5, 0.6) is 17.2 Å². The Balaban J connectivity index is 1.96. The molecule has 0 heterocycles. The van der Waals surface area contributed by atoms with Gasteiger partial charge in [-0.15, -0.1) is 0 Å². The zero-order valence-electron chi connectivity index (χ0n) is 16.0. The van der Waals surface area contributed by atoms with E-state index in [1.807, 2.05) is 0 Å². The van der Waals surface area contributed by atoms with Gasteiger partial charge in [0.25, 0.3) is 5.91 Å². The molecule has 0 unspecified atom stereocenters.